The summed E-state index contributed by atoms with van der Waals surface area (Å²) in [5, 5.41) is 7.92. The fourth-order valence-electron chi connectivity index (χ4n) is 2.24. The minimum absolute atomic E-state index is 0.558. The van der Waals surface area contributed by atoms with Crippen LogP contribution in [0.3, 0.4) is 0 Å². The summed E-state index contributed by atoms with van der Waals surface area (Å²) in [6.07, 6.45) is 1.68. The molecular formula is C18H15Cl2N3O2S. The van der Waals surface area contributed by atoms with Gasteiger partial charge in [-0.3, -0.25) is 5.43 Å². The number of hydrogen-bond donors (Lipinski definition) is 1. The molecule has 0 saturated carbocycles. The van der Waals surface area contributed by atoms with E-state index in [2.05, 4.69) is 15.5 Å². The molecule has 0 saturated heterocycles. The maximum Gasteiger partial charge on any atom is 0.203 e. The fourth-order valence-corrected chi connectivity index (χ4v) is 3.41. The molecule has 5 nitrogen and oxygen atoms in total. The number of benzene rings is 2. The van der Waals surface area contributed by atoms with Crippen LogP contribution in [0.25, 0.3) is 11.3 Å². The summed E-state index contributed by atoms with van der Waals surface area (Å²) in [6.45, 7) is 0. The van der Waals surface area contributed by atoms with Crippen molar-refractivity contribution in [3.63, 3.8) is 0 Å². The Balaban J connectivity index is 1.71. The van der Waals surface area contributed by atoms with Crippen molar-refractivity contribution in [2.24, 2.45) is 5.10 Å². The average molecular weight is 408 g/mol. The molecule has 26 heavy (non-hydrogen) atoms. The van der Waals surface area contributed by atoms with Gasteiger partial charge in [-0.2, -0.15) is 5.10 Å². The molecule has 8 heteroatoms. The van der Waals surface area contributed by atoms with E-state index in [-0.39, 0.29) is 0 Å². The molecule has 1 aromatic heterocycles. The SMILES string of the molecule is COc1ccc(/C=N\Nc2nc(-c3ccc(Cl)cc3Cl)cs2)cc1OC. The van der Waals surface area contributed by atoms with E-state index >= 15 is 0 Å². The lowest BCUT2D eigenvalue weighted by molar-refractivity contribution is 0.355. The summed E-state index contributed by atoms with van der Waals surface area (Å²) in [5.41, 5.74) is 5.37. The maximum absolute atomic E-state index is 6.22. The van der Waals surface area contributed by atoms with Gasteiger partial charge in [0.15, 0.2) is 11.5 Å². The van der Waals surface area contributed by atoms with Crippen LogP contribution in [0.15, 0.2) is 46.9 Å². The standard InChI is InChI=1S/C18H15Cl2N3O2S/c1-24-16-6-3-11(7-17(16)25-2)9-21-23-18-22-15(10-26-18)13-5-4-12(19)8-14(13)20/h3-10H,1-2H3,(H,22,23)/b21-9-. The van der Waals surface area contributed by atoms with Crippen molar-refractivity contribution in [2.75, 3.05) is 19.6 Å². The van der Waals surface area contributed by atoms with Crippen molar-refractivity contribution in [3.8, 4) is 22.8 Å². The quantitative estimate of drug-likeness (QED) is 0.427. The lowest BCUT2D eigenvalue weighted by atomic mass is 10.2. The monoisotopic (exact) mass is 407 g/mol. The smallest absolute Gasteiger partial charge is 0.203 e. The summed E-state index contributed by atoms with van der Waals surface area (Å²) >= 11 is 13.6. The number of ether oxygens (including phenoxy) is 2. The summed E-state index contributed by atoms with van der Waals surface area (Å²) < 4.78 is 10.5. The average Bonchev–Trinajstić information content (AvgIpc) is 3.10. The van der Waals surface area contributed by atoms with E-state index in [9.17, 15) is 0 Å². The first-order valence-corrected chi connectivity index (χ1v) is 9.16. The molecule has 3 rings (SSSR count). The zero-order valence-corrected chi connectivity index (χ0v) is 16.3. The summed E-state index contributed by atoms with van der Waals surface area (Å²) in [4.78, 5) is 4.48. The Kier molecular flexibility index (Phi) is 5.98. The van der Waals surface area contributed by atoms with Gasteiger partial charge < -0.3 is 9.47 Å². The van der Waals surface area contributed by atoms with Gasteiger partial charge >= 0.3 is 0 Å². The van der Waals surface area contributed by atoms with Gasteiger partial charge in [0.05, 0.1) is 31.2 Å². The molecule has 2 aromatic carbocycles. The van der Waals surface area contributed by atoms with E-state index in [1.807, 2.05) is 29.6 Å². The lowest BCUT2D eigenvalue weighted by Crippen LogP contribution is -1.94. The van der Waals surface area contributed by atoms with Crippen molar-refractivity contribution in [1.82, 2.24) is 4.98 Å². The molecule has 134 valence electrons. The Bertz CT molecular complexity index is 944. The number of anilines is 1. The van der Waals surface area contributed by atoms with Crippen LogP contribution in [-0.4, -0.2) is 25.4 Å². The third-order valence-corrected chi connectivity index (χ3v) is 4.79. The summed E-state index contributed by atoms with van der Waals surface area (Å²) in [6, 6.07) is 10.9. The van der Waals surface area contributed by atoms with Crippen molar-refractivity contribution < 1.29 is 9.47 Å². The third kappa shape index (κ3) is 4.27. The van der Waals surface area contributed by atoms with Crippen molar-refractivity contribution in [3.05, 3.63) is 57.4 Å². The van der Waals surface area contributed by atoms with Gasteiger partial charge in [-0.15, -0.1) is 11.3 Å². The molecule has 0 aliphatic rings. The molecule has 0 radical (unpaired) electrons. The Labute approximate surface area is 165 Å². The van der Waals surface area contributed by atoms with Crippen LogP contribution in [0.4, 0.5) is 5.13 Å². The van der Waals surface area contributed by atoms with Gasteiger partial charge in [-0.05, 0) is 42.0 Å². The van der Waals surface area contributed by atoms with Gasteiger partial charge in [0.2, 0.25) is 5.13 Å². The highest BCUT2D eigenvalue weighted by atomic mass is 35.5. The van der Waals surface area contributed by atoms with Crippen molar-refractivity contribution in [1.29, 1.82) is 0 Å². The summed E-state index contributed by atoms with van der Waals surface area (Å²) in [5.74, 6) is 1.31. The van der Waals surface area contributed by atoms with Gasteiger partial charge in [-0.25, -0.2) is 4.98 Å². The van der Waals surface area contributed by atoms with Crippen molar-refractivity contribution >= 4 is 45.9 Å². The minimum Gasteiger partial charge on any atom is -0.493 e. The Morgan fingerprint density at radius 1 is 1.08 bits per heavy atom. The third-order valence-electron chi connectivity index (χ3n) is 3.49. The number of methoxy groups -OCH3 is 2. The Morgan fingerprint density at radius 3 is 2.62 bits per heavy atom. The van der Waals surface area contributed by atoms with Crippen LogP contribution in [-0.2, 0) is 0 Å². The predicted molar refractivity (Wildman–Crippen MR) is 108 cm³/mol. The first-order valence-electron chi connectivity index (χ1n) is 7.52. The number of aromatic nitrogens is 1. The highest BCUT2D eigenvalue weighted by Crippen LogP contribution is 2.32. The zero-order chi connectivity index (χ0) is 18.5. The van der Waals surface area contributed by atoms with E-state index in [1.165, 1.54) is 11.3 Å². The van der Waals surface area contributed by atoms with Gasteiger partial charge in [0.25, 0.3) is 0 Å². The minimum atomic E-state index is 0.558. The van der Waals surface area contributed by atoms with Crippen LogP contribution in [0.2, 0.25) is 10.0 Å². The normalized spacial score (nSPS) is 10.9. The van der Waals surface area contributed by atoms with E-state index in [0.717, 1.165) is 16.8 Å². The Hall–Kier alpha value is -2.28. The second kappa shape index (κ2) is 8.40. The van der Waals surface area contributed by atoms with Gasteiger partial charge in [-0.1, -0.05) is 23.2 Å². The predicted octanol–water partition coefficient (Wildman–Crippen LogP) is 5.58. The topological polar surface area (TPSA) is 55.7 Å². The largest absolute Gasteiger partial charge is 0.493 e. The lowest BCUT2D eigenvalue weighted by Gasteiger charge is -2.07. The van der Waals surface area contributed by atoms with Crippen molar-refractivity contribution in [2.45, 2.75) is 0 Å². The van der Waals surface area contributed by atoms with Crippen LogP contribution >= 0.6 is 34.5 Å². The van der Waals surface area contributed by atoms with Gasteiger partial charge in [0.1, 0.15) is 0 Å². The van der Waals surface area contributed by atoms with E-state index in [4.69, 9.17) is 32.7 Å². The summed E-state index contributed by atoms with van der Waals surface area (Å²) in [7, 11) is 3.19. The second-order valence-corrected chi connectivity index (χ2v) is 6.85. The second-order valence-electron chi connectivity index (χ2n) is 5.15. The molecule has 3 aromatic rings. The van der Waals surface area contributed by atoms with Crippen LogP contribution in [0, 0.1) is 0 Å². The first-order chi connectivity index (χ1) is 12.6. The van der Waals surface area contributed by atoms with Crippen LogP contribution < -0.4 is 14.9 Å². The number of thiazole rings is 1. The molecule has 0 unspecified atom stereocenters. The zero-order valence-electron chi connectivity index (χ0n) is 14.0. The number of nitrogens with one attached hydrogen (secondary N) is 1. The van der Waals surface area contributed by atoms with Gasteiger partial charge in [0, 0.05) is 16.0 Å². The highest BCUT2D eigenvalue weighted by molar-refractivity contribution is 7.14. The highest BCUT2D eigenvalue weighted by Gasteiger charge is 2.08. The van der Waals surface area contributed by atoms with Crippen LogP contribution in [0.5, 0.6) is 11.5 Å². The molecule has 0 aliphatic heterocycles. The molecule has 0 fully saturated rings. The molecule has 0 bridgehead atoms. The molecule has 0 aliphatic carbocycles. The maximum atomic E-state index is 6.22. The number of hydrazone groups is 1. The number of halogens is 2. The molecule has 0 spiro atoms. The first kappa shape index (κ1) is 18.5. The van der Waals surface area contributed by atoms with Crippen LogP contribution in [0.1, 0.15) is 5.56 Å². The number of nitrogens with zero attached hydrogens (tertiary/aromatic N) is 2. The van der Waals surface area contributed by atoms with E-state index < -0.39 is 0 Å². The Morgan fingerprint density at radius 2 is 1.88 bits per heavy atom. The molecular weight excluding hydrogens is 393 g/mol. The van der Waals surface area contributed by atoms with E-state index in [1.54, 1.807) is 32.6 Å². The molecule has 1 N–H and O–H groups in total. The fraction of sp³-hybridized carbons (Fsp3) is 0.111. The molecule has 0 atom stereocenters. The number of rotatable bonds is 6. The molecule has 1 heterocycles. The number of hydrogen-bond acceptors (Lipinski definition) is 6. The molecule has 0 amide bonds. The van der Waals surface area contributed by atoms with E-state index in [0.29, 0.717) is 26.7 Å².